The Morgan fingerprint density at radius 1 is 1.00 bits per heavy atom. The minimum absolute atomic E-state index is 0.0670. The minimum Gasteiger partial charge on any atom is -0.376 e. The number of hydrogen-bond donors (Lipinski definition) is 0. The molecule has 5 rings (SSSR count). The van der Waals surface area contributed by atoms with Crippen molar-refractivity contribution in [2.45, 2.75) is 11.4 Å². The van der Waals surface area contributed by atoms with Crippen LogP contribution < -0.4 is 9.80 Å². The fourth-order valence-corrected chi connectivity index (χ4v) is 6.32. The molecule has 0 aromatic heterocycles. The number of para-hydroxylation sites is 1. The number of carbonyl (C=O) groups is 1. The van der Waals surface area contributed by atoms with E-state index < -0.39 is 0 Å². The lowest BCUT2D eigenvalue weighted by molar-refractivity contribution is -0.122. The number of thioether (sulfide) groups is 2. The van der Waals surface area contributed by atoms with Crippen LogP contribution in [-0.2, 0) is 11.3 Å². The Kier molecular flexibility index (Phi) is 6.29. The zero-order valence-corrected chi connectivity index (χ0v) is 21.2. The summed E-state index contributed by atoms with van der Waals surface area (Å²) in [5.74, 6) is -0.0670. The molecule has 1 saturated heterocycles. The van der Waals surface area contributed by atoms with Gasteiger partial charge >= 0.3 is 0 Å². The summed E-state index contributed by atoms with van der Waals surface area (Å²) in [4.78, 5) is 26.3. The zero-order chi connectivity index (χ0) is 24.5. The molecule has 0 radical (unpaired) electrons. The summed E-state index contributed by atoms with van der Waals surface area (Å²) in [5.41, 5.74) is 4.17. The van der Waals surface area contributed by atoms with Crippen LogP contribution in [0, 0.1) is 11.3 Å². The van der Waals surface area contributed by atoms with Crippen molar-refractivity contribution in [3.63, 3.8) is 0 Å². The lowest BCUT2D eigenvalue weighted by Gasteiger charge is -2.18. The fourth-order valence-electron chi connectivity index (χ4n) is 3.99. The topological polar surface area (TPSA) is 62.9 Å². The van der Waals surface area contributed by atoms with Crippen LogP contribution in [0.25, 0.3) is 0 Å². The van der Waals surface area contributed by atoms with E-state index in [0.29, 0.717) is 27.9 Å². The highest BCUT2D eigenvalue weighted by atomic mass is 32.2. The predicted molar refractivity (Wildman–Crippen MR) is 145 cm³/mol. The van der Waals surface area contributed by atoms with E-state index in [1.165, 1.54) is 11.8 Å². The van der Waals surface area contributed by atoms with Crippen LogP contribution in [0.1, 0.15) is 11.1 Å². The molecule has 3 aromatic rings. The molecule has 174 valence electrons. The third-order valence-electron chi connectivity index (χ3n) is 5.78. The van der Waals surface area contributed by atoms with Crippen LogP contribution in [0.2, 0.25) is 0 Å². The Labute approximate surface area is 213 Å². The number of carbonyl (C=O) groups excluding carboxylic acids is 1. The molecule has 0 unspecified atom stereocenters. The standard InChI is InChI=1S/C27H23N5OS2/c1-30(2)21-14-13-19(16-28)15-20(21)29-27-32(17-18-9-5-4-6-10-18)25(33)24(35-27)26-31(3)22-11-7-8-12-23(22)34-26/h4-15H,17H2,1-3H3. The van der Waals surface area contributed by atoms with Crippen LogP contribution in [0.5, 0.6) is 0 Å². The SMILES string of the molecule is CN(C)c1ccc(C#N)cc1N=C1SC(=C2Sc3ccccc3N2C)C(=O)N1Cc1ccccc1. The molecule has 2 aliphatic rings. The first-order valence-electron chi connectivity index (χ1n) is 11.0. The van der Waals surface area contributed by atoms with E-state index in [4.69, 9.17) is 4.99 Å². The van der Waals surface area contributed by atoms with E-state index >= 15 is 0 Å². The van der Waals surface area contributed by atoms with Gasteiger partial charge in [0, 0.05) is 26.0 Å². The van der Waals surface area contributed by atoms with Crippen LogP contribution in [0.15, 0.2) is 92.6 Å². The normalized spacial score (nSPS) is 18.2. The van der Waals surface area contributed by atoms with Gasteiger partial charge in [-0.25, -0.2) is 4.99 Å². The molecule has 8 heteroatoms. The first kappa shape index (κ1) is 23.1. The van der Waals surface area contributed by atoms with Gasteiger partial charge in [0.25, 0.3) is 5.91 Å². The highest BCUT2D eigenvalue weighted by Crippen LogP contribution is 2.50. The number of aliphatic imine (C=N–C) groups is 1. The van der Waals surface area contributed by atoms with Crippen LogP contribution in [-0.4, -0.2) is 37.1 Å². The van der Waals surface area contributed by atoms with Crippen molar-refractivity contribution in [1.29, 1.82) is 5.26 Å². The fraction of sp³-hybridized carbons (Fsp3) is 0.148. The second-order valence-corrected chi connectivity index (χ2v) is 10.4. The molecule has 0 aliphatic carbocycles. The maximum Gasteiger partial charge on any atom is 0.269 e. The third-order valence-corrected chi connectivity index (χ3v) is 8.21. The number of amides is 1. The molecule has 6 nitrogen and oxygen atoms in total. The molecule has 0 saturated carbocycles. The quantitative estimate of drug-likeness (QED) is 0.425. The number of benzene rings is 3. The molecular weight excluding hydrogens is 474 g/mol. The van der Waals surface area contributed by atoms with Crippen molar-refractivity contribution in [3.8, 4) is 6.07 Å². The van der Waals surface area contributed by atoms with E-state index in [2.05, 4.69) is 23.1 Å². The lowest BCUT2D eigenvalue weighted by atomic mass is 10.2. The molecule has 1 fully saturated rings. The van der Waals surface area contributed by atoms with Crippen molar-refractivity contribution in [2.75, 3.05) is 30.9 Å². The van der Waals surface area contributed by atoms with Crippen molar-refractivity contribution in [3.05, 3.63) is 93.9 Å². The van der Waals surface area contributed by atoms with Crippen LogP contribution in [0.3, 0.4) is 0 Å². The number of hydrogen-bond acceptors (Lipinski definition) is 7. The van der Waals surface area contributed by atoms with E-state index in [1.54, 1.807) is 28.8 Å². The number of anilines is 2. The van der Waals surface area contributed by atoms with Crippen molar-refractivity contribution in [2.24, 2.45) is 4.99 Å². The monoisotopic (exact) mass is 497 g/mol. The summed E-state index contributed by atoms with van der Waals surface area (Å²) in [7, 11) is 5.87. The number of rotatable bonds is 4. The first-order valence-corrected chi connectivity index (χ1v) is 12.7. The van der Waals surface area contributed by atoms with Gasteiger partial charge in [-0.3, -0.25) is 9.69 Å². The zero-order valence-electron chi connectivity index (χ0n) is 19.6. The largest absolute Gasteiger partial charge is 0.376 e. The second kappa shape index (κ2) is 9.53. The molecule has 2 heterocycles. The maximum atomic E-state index is 13.8. The molecule has 0 atom stereocenters. The molecular formula is C27H23N5OS2. The Morgan fingerprint density at radius 2 is 1.74 bits per heavy atom. The molecule has 0 spiro atoms. The number of fused-ring (bicyclic) bond motifs is 1. The van der Waals surface area contributed by atoms with E-state index in [1.807, 2.05) is 74.6 Å². The highest BCUT2D eigenvalue weighted by Gasteiger charge is 2.39. The van der Waals surface area contributed by atoms with Gasteiger partial charge in [-0.1, -0.05) is 54.2 Å². The van der Waals surface area contributed by atoms with E-state index in [0.717, 1.165) is 26.9 Å². The average Bonchev–Trinajstić information content (AvgIpc) is 3.36. The van der Waals surface area contributed by atoms with Crippen LogP contribution in [0.4, 0.5) is 17.1 Å². The van der Waals surface area contributed by atoms with Gasteiger partial charge in [0.15, 0.2) is 5.17 Å². The highest BCUT2D eigenvalue weighted by molar-refractivity contribution is 8.19. The summed E-state index contributed by atoms with van der Waals surface area (Å²) in [6.07, 6.45) is 0. The predicted octanol–water partition coefficient (Wildman–Crippen LogP) is 5.80. The van der Waals surface area contributed by atoms with E-state index in [9.17, 15) is 10.1 Å². The molecule has 0 N–H and O–H groups in total. The van der Waals surface area contributed by atoms with Gasteiger partial charge in [-0.15, -0.1) is 0 Å². The van der Waals surface area contributed by atoms with Crippen molar-refractivity contribution < 1.29 is 4.79 Å². The molecule has 0 bridgehead atoms. The molecule has 1 amide bonds. The number of nitriles is 1. The Hall–Kier alpha value is -3.67. The molecule has 35 heavy (non-hydrogen) atoms. The number of nitrogens with zero attached hydrogens (tertiary/aromatic N) is 5. The summed E-state index contributed by atoms with van der Waals surface area (Å²) >= 11 is 3.00. The third kappa shape index (κ3) is 4.41. The second-order valence-electron chi connectivity index (χ2n) is 8.35. The first-order chi connectivity index (χ1) is 17.0. The van der Waals surface area contributed by atoms with Gasteiger partial charge < -0.3 is 9.80 Å². The summed E-state index contributed by atoms with van der Waals surface area (Å²) in [6, 6.07) is 25.7. The smallest absolute Gasteiger partial charge is 0.269 e. The summed E-state index contributed by atoms with van der Waals surface area (Å²) < 4.78 is 0. The van der Waals surface area contributed by atoms with Gasteiger partial charge in [-0.2, -0.15) is 5.26 Å². The van der Waals surface area contributed by atoms with E-state index in [-0.39, 0.29) is 5.91 Å². The van der Waals surface area contributed by atoms with Gasteiger partial charge in [-0.05, 0) is 47.7 Å². The van der Waals surface area contributed by atoms with Crippen molar-refractivity contribution >= 4 is 51.7 Å². The van der Waals surface area contributed by atoms with Crippen molar-refractivity contribution in [1.82, 2.24) is 4.90 Å². The summed E-state index contributed by atoms with van der Waals surface area (Å²) in [5, 5.41) is 11.0. The van der Waals surface area contributed by atoms with Gasteiger partial charge in [0.1, 0.15) is 4.91 Å². The Bertz CT molecular complexity index is 1410. The Balaban J connectivity index is 1.61. The van der Waals surface area contributed by atoms with Gasteiger partial charge in [0.05, 0.1) is 40.3 Å². The minimum atomic E-state index is -0.0670. The Morgan fingerprint density at radius 3 is 2.46 bits per heavy atom. The molecule has 3 aromatic carbocycles. The number of amidine groups is 1. The van der Waals surface area contributed by atoms with Gasteiger partial charge in [0.2, 0.25) is 0 Å². The van der Waals surface area contributed by atoms with Crippen LogP contribution >= 0.6 is 23.5 Å². The summed E-state index contributed by atoms with van der Waals surface area (Å²) in [6.45, 7) is 0.416. The average molecular weight is 498 g/mol. The molecule has 2 aliphatic heterocycles. The lowest BCUT2D eigenvalue weighted by Crippen LogP contribution is -2.29. The maximum absolute atomic E-state index is 13.8.